The standard InChI is InChI=1S/C13H17NO2/c1-9-8-10(5-6-11(9)13(15)16)12-4-2-3-7-14-12/h5-6,8,12,14H,2-4,7H2,1H3,(H,15,16). The van der Waals surface area contributed by atoms with Gasteiger partial charge in [-0.3, -0.25) is 0 Å². The summed E-state index contributed by atoms with van der Waals surface area (Å²) in [6, 6.07) is 6.03. The second kappa shape index (κ2) is 4.66. The third-order valence-corrected chi connectivity index (χ3v) is 3.19. The zero-order valence-electron chi connectivity index (χ0n) is 9.49. The smallest absolute Gasteiger partial charge is 0.335 e. The maximum atomic E-state index is 10.9. The molecule has 1 aromatic rings. The van der Waals surface area contributed by atoms with E-state index < -0.39 is 5.97 Å². The lowest BCUT2D eigenvalue weighted by molar-refractivity contribution is 0.0696. The van der Waals surface area contributed by atoms with E-state index in [0.717, 1.165) is 18.5 Å². The second-order valence-corrected chi connectivity index (χ2v) is 4.38. The molecule has 0 radical (unpaired) electrons. The van der Waals surface area contributed by atoms with Crippen molar-refractivity contribution in [3.63, 3.8) is 0 Å². The Balaban J connectivity index is 2.23. The van der Waals surface area contributed by atoms with Crippen molar-refractivity contribution in [2.24, 2.45) is 0 Å². The molecule has 2 N–H and O–H groups in total. The van der Waals surface area contributed by atoms with Crippen LogP contribution in [0.15, 0.2) is 18.2 Å². The Morgan fingerprint density at radius 3 is 2.81 bits per heavy atom. The monoisotopic (exact) mass is 219 g/mol. The fraction of sp³-hybridized carbons (Fsp3) is 0.462. The van der Waals surface area contributed by atoms with Crippen LogP contribution in [0.1, 0.15) is 46.8 Å². The molecule has 1 heterocycles. The van der Waals surface area contributed by atoms with E-state index in [9.17, 15) is 4.79 Å². The van der Waals surface area contributed by atoms with Gasteiger partial charge in [0.05, 0.1) is 5.56 Å². The quantitative estimate of drug-likeness (QED) is 0.803. The fourth-order valence-electron chi connectivity index (χ4n) is 2.28. The third kappa shape index (κ3) is 2.25. The molecule has 1 aliphatic heterocycles. The molecule has 0 spiro atoms. The Kier molecular flexibility index (Phi) is 3.25. The van der Waals surface area contributed by atoms with Gasteiger partial charge in [-0.25, -0.2) is 4.79 Å². The number of carboxylic acid groups (broad SMARTS) is 1. The van der Waals surface area contributed by atoms with Crippen molar-refractivity contribution in [1.82, 2.24) is 5.32 Å². The van der Waals surface area contributed by atoms with Crippen LogP contribution in [-0.2, 0) is 0 Å². The number of nitrogens with one attached hydrogen (secondary N) is 1. The first-order valence-electron chi connectivity index (χ1n) is 5.75. The maximum absolute atomic E-state index is 10.9. The van der Waals surface area contributed by atoms with Crippen molar-refractivity contribution < 1.29 is 9.90 Å². The van der Waals surface area contributed by atoms with Crippen LogP contribution >= 0.6 is 0 Å². The van der Waals surface area contributed by atoms with Gasteiger partial charge in [0.25, 0.3) is 0 Å². The molecule has 3 heteroatoms. The largest absolute Gasteiger partial charge is 0.478 e. The molecule has 0 amide bonds. The lowest BCUT2D eigenvalue weighted by Crippen LogP contribution is -2.26. The number of aromatic carboxylic acids is 1. The van der Waals surface area contributed by atoms with Crippen molar-refractivity contribution >= 4 is 5.97 Å². The summed E-state index contributed by atoms with van der Waals surface area (Å²) >= 11 is 0. The summed E-state index contributed by atoms with van der Waals surface area (Å²) in [4.78, 5) is 10.9. The number of carboxylic acids is 1. The summed E-state index contributed by atoms with van der Waals surface area (Å²) in [7, 11) is 0. The molecular weight excluding hydrogens is 202 g/mol. The van der Waals surface area contributed by atoms with Crippen LogP contribution in [0.2, 0.25) is 0 Å². The Morgan fingerprint density at radius 2 is 2.25 bits per heavy atom. The number of carbonyl (C=O) groups is 1. The SMILES string of the molecule is Cc1cc(C2CCCCN2)ccc1C(=O)O. The van der Waals surface area contributed by atoms with Crippen LogP contribution in [0, 0.1) is 6.92 Å². The molecule has 1 unspecified atom stereocenters. The minimum absolute atomic E-state index is 0.398. The first-order chi connectivity index (χ1) is 7.68. The van der Waals surface area contributed by atoms with Gasteiger partial charge in [-0.15, -0.1) is 0 Å². The highest BCUT2D eigenvalue weighted by Gasteiger charge is 2.16. The first-order valence-corrected chi connectivity index (χ1v) is 5.75. The number of hydrogen-bond donors (Lipinski definition) is 2. The van der Waals surface area contributed by atoms with Gasteiger partial charge in [0.2, 0.25) is 0 Å². The summed E-state index contributed by atoms with van der Waals surface area (Å²) in [6.07, 6.45) is 3.63. The molecule has 2 rings (SSSR count). The molecule has 1 aliphatic rings. The molecule has 1 fully saturated rings. The molecule has 16 heavy (non-hydrogen) atoms. The topological polar surface area (TPSA) is 49.3 Å². The Labute approximate surface area is 95.5 Å². The van der Waals surface area contributed by atoms with E-state index in [4.69, 9.17) is 5.11 Å². The van der Waals surface area contributed by atoms with Crippen molar-refractivity contribution in [1.29, 1.82) is 0 Å². The fourth-order valence-corrected chi connectivity index (χ4v) is 2.28. The lowest BCUT2D eigenvalue weighted by Gasteiger charge is -2.24. The normalized spacial score (nSPS) is 20.7. The van der Waals surface area contributed by atoms with Gasteiger partial charge in [0.15, 0.2) is 0 Å². The highest BCUT2D eigenvalue weighted by molar-refractivity contribution is 5.89. The molecule has 0 bridgehead atoms. The number of piperidine rings is 1. The zero-order chi connectivity index (χ0) is 11.5. The molecular formula is C13H17NO2. The summed E-state index contributed by atoms with van der Waals surface area (Å²) in [5.41, 5.74) is 2.46. The molecule has 3 nitrogen and oxygen atoms in total. The van der Waals surface area contributed by atoms with Gasteiger partial charge in [-0.05, 0) is 43.5 Å². The Morgan fingerprint density at radius 1 is 1.44 bits per heavy atom. The van der Waals surface area contributed by atoms with Crippen LogP contribution in [0.5, 0.6) is 0 Å². The van der Waals surface area contributed by atoms with Crippen molar-refractivity contribution in [3.05, 3.63) is 34.9 Å². The van der Waals surface area contributed by atoms with E-state index in [1.807, 2.05) is 19.1 Å². The van der Waals surface area contributed by atoms with E-state index >= 15 is 0 Å². The van der Waals surface area contributed by atoms with Crippen LogP contribution in [0.25, 0.3) is 0 Å². The van der Waals surface area contributed by atoms with E-state index in [0.29, 0.717) is 11.6 Å². The summed E-state index contributed by atoms with van der Waals surface area (Å²) in [5.74, 6) is -0.847. The van der Waals surface area contributed by atoms with Gasteiger partial charge < -0.3 is 10.4 Å². The molecule has 1 saturated heterocycles. The van der Waals surface area contributed by atoms with Crippen molar-refractivity contribution in [2.45, 2.75) is 32.2 Å². The van der Waals surface area contributed by atoms with Crippen molar-refractivity contribution in [3.8, 4) is 0 Å². The number of hydrogen-bond acceptors (Lipinski definition) is 2. The predicted octanol–water partition coefficient (Wildman–Crippen LogP) is 2.51. The van der Waals surface area contributed by atoms with Gasteiger partial charge in [-0.2, -0.15) is 0 Å². The van der Waals surface area contributed by atoms with Crippen LogP contribution in [-0.4, -0.2) is 17.6 Å². The summed E-state index contributed by atoms with van der Waals surface area (Å²) in [6.45, 7) is 2.92. The predicted molar refractivity (Wildman–Crippen MR) is 62.7 cm³/mol. The molecule has 0 aromatic heterocycles. The van der Waals surface area contributed by atoms with E-state index in [2.05, 4.69) is 5.32 Å². The first kappa shape index (κ1) is 11.1. The van der Waals surface area contributed by atoms with E-state index in [-0.39, 0.29) is 0 Å². The average Bonchev–Trinajstić information content (AvgIpc) is 2.29. The highest BCUT2D eigenvalue weighted by atomic mass is 16.4. The van der Waals surface area contributed by atoms with Gasteiger partial charge >= 0.3 is 5.97 Å². The summed E-state index contributed by atoms with van der Waals surface area (Å²) < 4.78 is 0. The van der Waals surface area contributed by atoms with Crippen LogP contribution < -0.4 is 5.32 Å². The molecule has 0 aliphatic carbocycles. The third-order valence-electron chi connectivity index (χ3n) is 3.19. The van der Waals surface area contributed by atoms with E-state index in [1.54, 1.807) is 6.07 Å². The minimum atomic E-state index is -0.847. The summed E-state index contributed by atoms with van der Waals surface area (Å²) in [5, 5.41) is 12.4. The second-order valence-electron chi connectivity index (χ2n) is 4.38. The Bertz CT molecular complexity index is 395. The molecule has 1 aromatic carbocycles. The lowest BCUT2D eigenvalue weighted by atomic mass is 9.95. The van der Waals surface area contributed by atoms with Crippen LogP contribution in [0.4, 0.5) is 0 Å². The number of rotatable bonds is 2. The van der Waals surface area contributed by atoms with E-state index in [1.165, 1.54) is 18.4 Å². The zero-order valence-corrected chi connectivity index (χ0v) is 9.49. The molecule has 0 saturated carbocycles. The highest BCUT2D eigenvalue weighted by Crippen LogP contribution is 2.24. The number of benzene rings is 1. The maximum Gasteiger partial charge on any atom is 0.335 e. The van der Waals surface area contributed by atoms with Gasteiger partial charge in [0.1, 0.15) is 0 Å². The van der Waals surface area contributed by atoms with Gasteiger partial charge in [-0.1, -0.05) is 18.6 Å². The average molecular weight is 219 g/mol. The molecule has 1 atom stereocenters. The Hall–Kier alpha value is -1.35. The van der Waals surface area contributed by atoms with Crippen molar-refractivity contribution in [2.75, 3.05) is 6.54 Å². The minimum Gasteiger partial charge on any atom is -0.478 e. The molecule has 86 valence electrons. The van der Waals surface area contributed by atoms with Gasteiger partial charge in [0, 0.05) is 6.04 Å². The number of aryl methyl sites for hydroxylation is 1. The van der Waals surface area contributed by atoms with Crippen LogP contribution in [0.3, 0.4) is 0 Å².